The van der Waals surface area contributed by atoms with Gasteiger partial charge in [0.1, 0.15) is 5.84 Å². The largest absolute Gasteiger partial charge is 0.473 e. The third-order valence-corrected chi connectivity index (χ3v) is 4.60. The number of hydrazone groups is 1. The molecule has 2 heterocycles. The number of hydrazine groups is 2. The molecule has 2 aliphatic heterocycles. The van der Waals surface area contributed by atoms with Gasteiger partial charge < -0.3 is 9.31 Å². The highest BCUT2D eigenvalue weighted by atomic mass is 16.7. The molecule has 0 aliphatic carbocycles. The third kappa shape index (κ3) is 2.60. The topological polar surface area (TPSA) is 58.1 Å². The fourth-order valence-electron chi connectivity index (χ4n) is 2.62. The van der Waals surface area contributed by atoms with E-state index in [-0.39, 0.29) is 17.0 Å². The predicted molar refractivity (Wildman–Crippen MR) is 86.7 cm³/mol. The Hall–Kier alpha value is -1.57. The highest BCUT2D eigenvalue weighted by molar-refractivity contribution is 6.53. The van der Waals surface area contributed by atoms with E-state index in [1.54, 1.807) is 5.12 Å². The van der Waals surface area contributed by atoms with Gasteiger partial charge in [-0.2, -0.15) is 0 Å². The number of nitrogens with one attached hydrogen (secondary N) is 2. The standard InChI is InChI=1S/C15H23BN4O2/c1-14(2)15(3,4)22-16(21-14)12(11-9-7-6-8-10-11)13-17-19-20(5)18-13/h6-10,12,19H,1-5H3,(H,17,18). The second-order valence-electron chi connectivity index (χ2n) is 6.78. The van der Waals surface area contributed by atoms with Gasteiger partial charge in [0.05, 0.1) is 17.0 Å². The highest BCUT2D eigenvalue weighted by Crippen LogP contribution is 2.41. The van der Waals surface area contributed by atoms with E-state index >= 15 is 0 Å². The number of amidine groups is 1. The summed E-state index contributed by atoms with van der Waals surface area (Å²) in [7, 11) is 1.47. The lowest BCUT2D eigenvalue weighted by Crippen LogP contribution is -2.43. The van der Waals surface area contributed by atoms with Crippen LogP contribution in [0.1, 0.15) is 39.1 Å². The first-order valence-electron chi connectivity index (χ1n) is 7.54. The minimum absolute atomic E-state index is 0.125. The molecule has 1 unspecified atom stereocenters. The molecule has 2 aliphatic rings. The lowest BCUT2D eigenvalue weighted by atomic mass is 9.67. The maximum Gasteiger partial charge on any atom is 0.473 e. The van der Waals surface area contributed by atoms with Gasteiger partial charge in [0.2, 0.25) is 0 Å². The summed E-state index contributed by atoms with van der Waals surface area (Å²) in [6.45, 7) is 8.24. The summed E-state index contributed by atoms with van der Waals surface area (Å²) >= 11 is 0. The van der Waals surface area contributed by atoms with Crippen molar-refractivity contribution in [1.82, 2.24) is 16.1 Å². The van der Waals surface area contributed by atoms with E-state index in [1.807, 2.05) is 25.2 Å². The smallest absolute Gasteiger partial charge is 0.403 e. The Kier molecular flexibility index (Phi) is 3.67. The molecular formula is C15H23BN4O2. The fourth-order valence-corrected chi connectivity index (χ4v) is 2.62. The molecule has 0 radical (unpaired) electrons. The third-order valence-electron chi connectivity index (χ3n) is 4.60. The number of nitrogens with zero attached hydrogens (tertiary/aromatic N) is 2. The van der Waals surface area contributed by atoms with Gasteiger partial charge in [0, 0.05) is 7.05 Å². The molecule has 6 nitrogen and oxygen atoms in total. The second-order valence-corrected chi connectivity index (χ2v) is 6.78. The van der Waals surface area contributed by atoms with Crippen LogP contribution in [0, 0.1) is 0 Å². The summed E-state index contributed by atoms with van der Waals surface area (Å²) in [5.74, 6) is 0.659. The summed E-state index contributed by atoms with van der Waals surface area (Å²) in [6, 6.07) is 10.2. The summed E-state index contributed by atoms with van der Waals surface area (Å²) < 4.78 is 12.5. The lowest BCUT2D eigenvalue weighted by Gasteiger charge is -2.32. The van der Waals surface area contributed by atoms with Crippen molar-refractivity contribution in [2.24, 2.45) is 5.10 Å². The van der Waals surface area contributed by atoms with Crippen molar-refractivity contribution < 1.29 is 9.31 Å². The van der Waals surface area contributed by atoms with E-state index in [2.05, 4.69) is 55.9 Å². The number of hydrogen-bond donors (Lipinski definition) is 2. The van der Waals surface area contributed by atoms with Crippen LogP contribution in [-0.4, -0.2) is 36.3 Å². The van der Waals surface area contributed by atoms with E-state index in [0.29, 0.717) is 0 Å². The molecule has 2 N–H and O–H groups in total. The van der Waals surface area contributed by atoms with Crippen LogP contribution in [0.3, 0.4) is 0 Å². The Morgan fingerprint density at radius 2 is 1.68 bits per heavy atom. The molecule has 0 bridgehead atoms. The quantitative estimate of drug-likeness (QED) is 0.832. The Labute approximate surface area is 131 Å². The monoisotopic (exact) mass is 302 g/mol. The van der Waals surface area contributed by atoms with Gasteiger partial charge in [-0.1, -0.05) is 30.3 Å². The molecule has 0 aromatic heterocycles. The van der Waals surface area contributed by atoms with E-state index in [4.69, 9.17) is 9.31 Å². The zero-order chi connectivity index (χ0) is 16.0. The van der Waals surface area contributed by atoms with Crippen molar-refractivity contribution in [3.05, 3.63) is 35.9 Å². The van der Waals surface area contributed by atoms with Crippen molar-refractivity contribution in [2.45, 2.75) is 44.7 Å². The van der Waals surface area contributed by atoms with Crippen LogP contribution in [-0.2, 0) is 9.31 Å². The number of benzene rings is 1. The second kappa shape index (κ2) is 5.26. The first-order chi connectivity index (χ1) is 10.3. The zero-order valence-corrected chi connectivity index (χ0v) is 13.8. The normalized spacial score (nSPS) is 24.6. The van der Waals surface area contributed by atoms with Crippen LogP contribution in [0.4, 0.5) is 0 Å². The van der Waals surface area contributed by atoms with Crippen LogP contribution in [0.15, 0.2) is 35.4 Å². The van der Waals surface area contributed by atoms with Crippen molar-refractivity contribution in [3.8, 4) is 0 Å². The molecule has 0 amide bonds. The molecule has 3 rings (SSSR count). The molecule has 0 saturated carbocycles. The van der Waals surface area contributed by atoms with Crippen LogP contribution < -0.4 is 11.0 Å². The van der Waals surface area contributed by atoms with Gasteiger partial charge in [0.25, 0.3) is 0 Å². The summed E-state index contributed by atoms with van der Waals surface area (Å²) in [5, 5.41) is 6.06. The van der Waals surface area contributed by atoms with Gasteiger partial charge in [0.15, 0.2) is 0 Å². The van der Waals surface area contributed by atoms with E-state index < -0.39 is 7.12 Å². The van der Waals surface area contributed by atoms with Gasteiger partial charge in [-0.3, -0.25) is 5.43 Å². The van der Waals surface area contributed by atoms with E-state index in [9.17, 15) is 0 Å². The van der Waals surface area contributed by atoms with Gasteiger partial charge in [-0.15, -0.1) is 10.2 Å². The first-order valence-corrected chi connectivity index (χ1v) is 7.54. The molecule has 0 spiro atoms. The van der Waals surface area contributed by atoms with E-state index in [0.717, 1.165) is 11.4 Å². The molecule has 1 saturated heterocycles. The first kappa shape index (κ1) is 15.3. The highest BCUT2D eigenvalue weighted by Gasteiger charge is 2.55. The molecule has 1 aromatic carbocycles. The average molecular weight is 302 g/mol. The van der Waals surface area contributed by atoms with Crippen molar-refractivity contribution in [2.75, 3.05) is 7.05 Å². The predicted octanol–water partition coefficient (Wildman–Crippen LogP) is 1.67. The van der Waals surface area contributed by atoms with Crippen molar-refractivity contribution >= 4 is 13.0 Å². The lowest BCUT2D eigenvalue weighted by molar-refractivity contribution is 0.00578. The van der Waals surface area contributed by atoms with Crippen LogP contribution in [0.25, 0.3) is 0 Å². The number of rotatable bonds is 3. The van der Waals surface area contributed by atoms with Crippen molar-refractivity contribution in [3.63, 3.8) is 0 Å². The fraction of sp³-hybridized carbons (Fsp3) is 0.533. The Morgan fingerprint density at radius 3 is 2.18 bits per heavy atom. The molecule has 1 aromatic rings. The Bertz CT molecular complexity index is 560. The maximum atomic E-state index is 6.24. The molecule has 1 fully saturated rings. The molecule has 7 heteroatoms. The minimum atomic E-state index is -0.396. The molecule has 22 heavy (non-hydrogen) atoms. The van der Waals surface area contributed by atoms with Crippen molar-refractivity contribution in [1.29, 1.82) is 0 Å². The van der Waals surface area contributed by atoms with Gasteiger partial charge in [-0.25, -0.2) is 5.53 Å². The molecular weight excluding hydrogens is 279 g/mol. The zero-order valence-electron chi connectivity index (χ0n) is 13.8. The Balaban J connectivity index is 1.94. The van der Waals surface area contributed by atoms with Gasteiger partial charge >= 0.3 is 7.12 Å². The summed E-state index contributed by atoms with van der Waals surface area (Å²) in [4.78, 5) is 0. The molecule has 1 atom stereocenters. The maximum absolute atomic E-state index is 6.24. The Morgan fingerprint density at radius 1 is 1.09 bits per heavy atom. The van der Waals surface area contributed by atoms with Crippen LogP contribution in [0.2, 0.25) is 0 Å². The SMILES string of the molecule is CN1NN=C(C(B2OC(C)(C)C(C)(C)O2)c2ccccc2)N1. The minimum Gasteiger partial charge on any atom is -0.403 e. The summed E-state index contributed by atoms with van der Waals surface area (Å²) in [6.07, 6.45) is 0. The molecule has 118 valence electrons. The van der Waals surface area contributed by atoms with E-state index in [1.165, 1.54) is 0 Å². The summed E-state index contributed by atoms with van der Waals surface area (Å²) in [5.41, 5.74) is 6.44. The number of hydrogen-bond acceptors (Lipinski definition) is 6. The average Bonchev–Trinajstić information content (AvgIpc) is 2.93. The van der Waals surface area contributed by atoms with Gasteiger partial charge in [-0.05, 0) is 33.3 Å². The van der Waals surface area contributed by atoms with Crippen LogP contribution in [0.5, 0.6) is 0 Å². The van der Waals surface area contributed by atoms with Crippen LogP contribution >= 0.6 is 0 Å².